The molecule has 0 bridgehead atoms. The van der Waals surface area contributed by atoms with E-state index in [1.807, 2.05) is 12.1 Å². The van der Waals surface area contributed by atoms with Crippen molar-refractivity contribution in [2.75, 3.05) is 13.7 Å². The number of hydrogen-bond acceptors (Lipinski definition) is 1. The quantitative estimate of drug-likeness (QED) is 0.280. The summed E-state index contributed by atoms with van der Waals surface area (Å²) in [7, 11) is 1.78. The first-order valence-corrected chi connectivity index (χ1v) is 11.7. The predicted molar refractivity (Wildman–Crippen MR) is 127 cm³/mol. The van der Waals surface area contributed by atoms with Crippen molar-refractivity contribution in [3.63, 3.8) is 0 Å². The van der Waals surface area contributed by atoms with Gasteiger partial charge in [0.25, 0.3) is 0 Å². The van der Waals surface area contributed by atoms with Gasteiger partial charge in [0.05, 0.1) is 0 Å². The van der Waals surface area contributed by atoms with Crippen LogP contribution in [0.5, 0.6) is 0 Å². The number of aryl methyl sites for hydroxylation is 1. The molecule has 4 heteroatoms. The molecule has 0 radical (unpaired) electrons. The molecular weight excluding hydrogens is 421 g/mol. The van der Waals surface area contributed by atoms with Crippen molar-refractivity contribution in [1.29, 1.82) is 0 Å². The molecule has 1 saturated carbocycles. The molecule has 172 valence electrons. The molecule has 0 saturated heterocycles. The molecule has 0 N–H and O–H groups in total. The van der Waals surface area contributed by atoms with E-state index in [-0.39, 0.29) is 5.39 Å². The summed E-state index contributed by atoms with van der Waals surface area (Å²) in [5, 5.41) is 0.341. The highest BCUT2D eigenvalue weighted by Crippen LogP contribution is 2.33. The van der Waals surface area contributed by atoms with Crippen LogP contribution in [0.3, 0.4) is 0 Å². The molecule has 3 aromatic rings. The first kappa shape index (κ1) is 23.4. The Kier molecular flexibility index (Phi) is 7.73. The lowest BCUT2D eigenvalue weighted by molar-refractivity contribution is 0.155. The molecule has 1 aliphatic carbocycles. The van der Waals surface area contributed by atoms with Gasteiger partial charge in [-0.1, -0.05) is 55.7 Å². The minimum Gasteiger partial charge on any atom is -0.385 e. The maximum absolute atomic E-state index is 13.9. The second-order valence-corrected chi connectivity index (χ2v) is 9.08. The summed E-state index contributed by atoms with van der Waals surface area (Å²) in [5.74, 6) is 3.97. The van der Waals surface area contributed by atoms with E-state index in [4.69, 9.17) is 4.74 Å². The van der Waals surface area contributed by atoms with Crippen LogP contribution in [0, 0.1) is 41.1 Å². The second-order valence-electron chi connectivity index (χ2n) is 9.08. The molecule has 1 aliphatic rings. The van der Waals surface area contributed by atoms with Crippen LogP contribution in [-0.4, -0.2) is 13.7 Å². The van der Waals surface area contributed by atoms with E-state index < -0.39 is 17.5 Å². The summed E-state index contributed by atoms with van der Waals surface area (Å²) >= 11 is 0. The molecule has 0 spiro atoms. The number of benzene rings is 3. The van der Waals surface area contributed by atoms with Crippen molar-refractivity contribution >= 4 is 10.8 Å². The topological polar surface area (TPSA) is 9.23 Å². The summed E-state index contributed by atoms with van der Waals surface area (Å²) in [6.45, 7) is 0.878. The largest absolute Gasteiger partial charge is 0.385 e. The van der Waals surface area contributed by atoms with E-state index in [0.29, 0.717) is 10.9 Å². The molecule has 0 aliphatic heterocycles. The van der Waals surface area contributed by atoms with E-state index in [0.717, 1.165) is 36.5 Å². The Hall–Kier alpha value is -2.77. The van der Waals surface area contributed by atoms with Gasteiger partial charge in [-0.25, -0.2) is 13.2 Å². The molecule has 0 amide bonds. The fraction of sp³-hybridized carbons (Fsp3) is 0.379. The van der Waals surface area contributed by atoms with Gasteiger partial charge < -0.3 is 4.74 Å². The molecule has 4 rings (SSSR count). The Morgan fingerprint density at radius 3 is 2.12 bits per heavy atom. The van der Waals surface area contributed by atoms with Crippen molar-refractivity contribution in [3.8, 4) is 11.8 Å². The van der Waals surface area contributed by atoms with Crippen LogP contribution in [-0.2, 0) is 11.2 Å². The van der Waals surface area contributed by atoms with Gasteiger partial charge in [0.2, 0.25) is 0 Å². The summed E-state index contributed by atoms with van der Waals surface area (Å²) in [6.07, 6.45) is 8.80. The number of rotatable bonds is 6. The van der Waals surface area contributed by atoms with Crippen LogP contribution >= 0.6 is 0 Å². The number of hydrogen-bond donors (Lipinski definition) is 0. The average molecular weight is 451 g/mol. The van der Waals surface area contributed by atoms with Crippen molar-refractivity contribution in [2.45, 2.75) is 44.9 Å². The van der Waals surface area contributed by atoms with Crippen LogP contribution in [0.2, 0.25) is 0 Å². The first-order valence-electron chi connectivity index (χ1n) is 11.7. The van der Waals surface area contributed by atoms with Gasteiger partial charge in [-0.3, -0.25) is 0 Å². The Balaban J connectivity index is 1.33. The number of methoxy groups -OCH3 is 1. The summed E-state index contributed by atoms with van der Waals surface area (Å²) in [6, 6.07) is 13.9. The van der Waals surface area contributed by atoms with Gasteiger partial charge in [-0.2, -0.15) is 0 Å². The fourth-order valence-corrected chi connectivity index (χ4v) is 4.75. The maximum atomic E-state index is 13.9. The Bertz CT molecular complexity index is 1150. The van der Waals surface area contributed by atoms with Gasteiger partial charge in [0, 0.05) is 30.2 Å². The minimum atomic E-state index is -1.45. The van der Waals surface area contributed by atoms with Crippen LogP contribution in [0.25, 0.3) is 10.8 Å². The summed E-state index contributed by atoms with van der Waals surface area (Å²) in [5.41, 5.74) is 2.83. The van der Waals surface area contributed by atoms with E-state index in [2.05, 4.69) is 24.0 Å². The third kappa shape index (κ3) is 5.97. The highest BCUT2D eigenvalue weighted by Gasteiger charge is 2.20. The molecule has 0 aromatic heterocycles. The van der Waals surface area contributed by atoms with E-state index in [1.54, 1.807) is 19.2 Å². The highest BCUT2D eigenvalue weighted by atomic mass is 19.2. The second kappa shape index (κ2) is 10.9. The maximum Gasteiger partial charge on any atom is 0.195 e. The average Bonchev–Trinajstić information content (AvgIpc) is 2.84. The molecule has 0 atom stereocenters. The zero-order chi connectivity index (χ0) is 23.2. The van der Waals surface area contributed by atoms with Gasteiger partial charge >= 0.3 is 0 Å². The Morgan fingerprint density at radius 2 is 1.42 bits per heavy atom. The molecule has 0 heterocycles. The van der Waals surface area contributed by atoms with Crippen molar-refractivity contribution < 1.29 is 17.9 Å². The molecule has 33 heavy (non-hydrogen) atoms. The normalized spacial score (nSPS) is 18.2. The van der Waals surface area contributed by atoms with Crippen LogP contribution < -0.4 is 0 Å². The Morgan fingerprint density at radius 1 is 0.788 bits per heavy atom. The first-order chi connectivity index (χ1) is 16.0. The number of halogens is 3. The lowest BCUT2D eigenvalue weighted by atomic mass is 9.78. The third-order valence-corrected chi connectivity index (χ3v) is 6.82. The molecule has 0 unspecified atom stereocenters. The molecule has 1 nitrogen and oxygen atoms in total. The van der Waals surface area contributed by atoms with E-state index >= 15 is 0 Å². The Labute approximate surface area is 194 Å². The van der Waals surface area contributed by atoms with Crippen LogP contribution in [0.15, 0.2) is 48.5 Å². The summed E-state index contributed by atoms with van der Waals surface area (Å²) < 4.78 is 46.0. The van der Waals surface area contributed by atoms with Crippen LogP contribution in [0.4, 0.5) is 13.2 Å². The summed E-state index contributed by atoms with van der Waals surface area (Å²) in [4.78, 5) is 0. The van der Waals surface area contributed by atoms with Crippen molar-refractivity contribution in [3.05, 3.63) is 82.7 Å². The zero-order valence-corrected chi connectivity index (χ0v) is 19.0. The molecular formula is C29H29F3O. The third-order valence-electron chi connectivity index (χ3n) is 6.82. The monoisotopic (exact) mass is 450 g/mol. The minimum absolute atomic E-state index is 0.0484. The predicted octanol–water partition coefficient (Wildman–Crippen LogP) is 7.43. The van der Waals surface area contributed by atoms with Crippen molar-refractivity contribution in [1.82, 2.24) is 0 Å². The van der Waals surface area contributed by atoms with Crippen molar-refractivity contribution in [2.24, 2.45) is 11.8 Å². The van der Waals surface area contributed by atoms with Gasteiger partial charge in [0.1, 0.15) is 0 Å². The van der Waals surface area contributed by atoms with Gasteiger partial charge in [-0.05, 0) is 72.4 Å². The SMILES string of the molecule is COCCC1CCC(CCc2ccc(C#Cc3ccc4c(F)c(F)c(F)cc4c3)cc2)CC1. The number of ether oxygens (including phenoxy) is 1. The lowest BCUT2D eigenvalue weighted by Crippen LogP contribution is -2.16. The van der Waals surface area contributed by atoms with Gasteiger partial charge in [-0.15, -0.1) is 0 Å². The smallest absolute Gasteiger partial charge is 0.195 e. The zero-order valence-electron chi connectivity index (χ0n) is 19.0. The van der Waals surface area contributed by atoms with E-state index in [9.17, 15) is 13.2 Å². The number of fused-ring (bicyclic) bond motifs is 1. The highest BCUT2D eigenvalue weighted by molar-refractivity contribution is 5.84. The lowest BCUT2D eigenvalue weighted by Gasteiger charge is -2.28. The van der Waals surface area contributed by atoms with E-state index in [1.165, 1.54) is 50.2 Å². The van der Waals surface area contributed by atoms with Gasteiger partial charge in [0.15, 0.2) is 17.5 Å². The van der Waals surface area contributed by atoms with Crippen LogP contribution in [0.1, 0.15) is 55.2 Å². The fourth-order valence-electron chi connectivity index (χ4n) is 4.75. The molecule has 3 aromatic carbocycles. The molecule has 1 fully saturated rings. The standard InChI is InChI=1S/C29H29F3O/c1-33-17-16-23-10-8-21(9-11-23)3-2-20-4-6-22(7-5-20)12-13-24-14-15-26-25(18-24)19-27(30)29(32)28(26)31/h4-7,14-15,18-19,21,23H,2-3,8-11,16-17H2,1H3.